The fourth-order valence-corrected chi connectivity index (χ4v) is 4.97. The molecular weight excluding hydrogens is 444 g/mol. The zero-order chi connectivity index (χ0) is 24.3. The first kappa shape index (κ1) is 24.6. The molecule has 1 saturated heterocycles. The van der Waals surface area contributed by atoms with E-state index in [0.717, 1.165) is 40.2 Å². The van der Waals surface area contributed by atoms with Gasteiger partial charge in [0, 0.05) is 26.2 Å². The van der Waals surface area contributed by atoms with Crippen LogP contribution in [0.2, 0.25) is 0 Å². The lowest BCUT2D eigenvalue weighted by Gasteiger charge is -2.39. The van der Waals surface area contributed by atoms with E-state index >= 15 is 0 Å². The van der Waals surface area contributed by atoms with Crippen LogP contribution in [-0.4, -0.2) is 55.0 Å². The van der Waals surface area contributed by atoms with Crippen LogP contribution in [0.3, 0.4) is 0 Å². The van der Waals surface area contributed by atoms with E-state index in [1.807, 2.05) is 18.7 Å². The number of carbonyl (C=O) groups excluding carboxylic acids is 1. The predicted octanol–water partition coefficient (Wildman–Crippen LogP) is 2.40. The molecule has 2 aromatic rings. The number of hydrogen-bond donors (Lipinski definition) is 1. The van der Waals surface area contributed by atoms with Crippen molar-refractivity contribution in [2.45, 2.75) is 45.2 Å². The lowest BCUT2D eigenvalue weighted by atomic mass is 9.98. The standard InChI is InChI=1S/C23H30N4O5S/c1-14-7-6-8-15(2)27(14)18(28)13-33-20(24-16-9-11-17(32-5)12-10-16)19-21(29)25(3)23(31)26(4)22(19)30/h9-12,14-15,29H,6-8,13H2,1-5H3/t14-,15+. The number of aromatic hydroxyl groups is 1. The molecule has 9 nitrogen and oxygen atoms in total. The minimum absolute atomic E-state index is 0.0507. The molecule has 0 spiro atoms. The number of benzene rings is 1. The molecule has 0 radical (unpaired) electrons. The van der Waals surface area contributed by atoms with Gasteiger partial charge in [0.2, 0.25) is 11.8 Å². The topological polar surface area (TPSA) is 106 Å². The number of nitrogens with zero attached hydrogens (tertiary/aromatic N) is 4. The minimum atomic E-state index is -0.678. The van der Waals surface area contributed by atoms with Crippen LogP contribution in [0.25, 0.3) is 0 Å². The van der Waals surface area contributed by atoms with Crippen LogP contribution in [0.15, 0.2) is 38.8 Å². The summed E-state index contributed by atoms with van der Waals surface area (Å²) in [7, 11) is 4.27. The Hall–Kier alpha value is -3.01. The van der Waals surface area contributed by atoms with Gasteiger partial charge in [-0.3, -0.25) is 18.7 Å². The third-order valence-corrected chi connectivity index (χ3v) is 6.92. The second-order valence-corrected chi connectivity index (χ2v) is 9.20. The van der Waals surface area contributed by atoms with E-state index in [1.165, 1.54) is 14.1 Å². The Labute approximate surface area is 196 Å². The summed E-state index contributed by atoms with van der Waals surface area (Å²) >= 11 is 1.08. The maximum absolute atomic E-state index is 13.1. The van der Waals surface area contributed by atoms with Crippen LogP contribution < -0.4 is 16.0 Å². The fraction of sp³-hybridized carbons (Fsp3) is 0.478. The van der Waals surface area contributed by atoms with Gasteiger partial charge in [-0.2, -0.15) is 0 Å². The van der Waals surface area contributed by atoms with Crippen LogP contribution in [0.4, 0.5) is 5.69 Å². The van der Waals surface area contributed by atoms with Gasteiger partial charge in [0.15, 0.2) is 0 Å². The fourth-order valence-electron chi connectivity index (χ4n) is 4.07. The molecule has 10 heteroatoms. The molecule has 1 N–H and O–H groups in total. The van der Waals surface area contributed by atoms with Crippen molar-refractivity contribution in [1.82, 2.24) is 14.0 Å². The number of aromatic nitrogens is 2. The van der Waals surface area contributed by atoms with E-state index in [2.05, 4.69) is 4.99 Å². The van der Waals surface area contributed by atoms with Gasteiger partial charge in [-0.15, -0.1) is 0 Å². The smallest absolute Gasteiger partial charge is 0.333 e. The van der Waals surface area contributed by atoms with Gasteiger partial charge in [-0.1, -0.05) is 11.8 Å². The highest BCUT2D eigenvalue weighted by Crippen LogP contribution is 2.27. The summed E-state index contributed by atoms with van der Waals surface area (Å²) in [6.07, 6.45) is 3.00. The molecule has 1 amide bonds. The average Bonchev–Trinajstić information content (AvgIpc) is 2.80. The first-order chi connectivity index (χ1) is 15.6. The lowest BCUT2D eigenvalue weighted by molar-refractivity contribution is -0.134. The molecule has 2 heterocycles. The second kappa shape index (κ2) is 10.3. The molecule has 1 fully saturated rings. The Morgan fingerprint density at radius 2 is 1.73 bits per heavy atom. The maximum Gasteiger partial charge on any atom is 0.333 e. The number of hydrogen-bond acceptors (Lipinski definition) is 7. The highest BCUT2D eigenvalue weighted by atomic mass is 32.2. The number of aliphatic imine (C=N–C) groups is 1. The number of rotatable bonds is 5. The molecule has 1 aliphatic heterocycles. The van der Waals surface area contributed by atoms with E-state index in [9.17, 15) is 19.5 Å². The summed E-state index contributed by atoms with van der Waals surface area (Å²) in [6, 6.07) is 7.15. The average molecular weight is 475 g/mol. The van der Waals surface area contributed by atoms with Crippen molar-refractivity contribution >= 4 is 28.4 Å². The van der Waals surface area contributed by atoms with Crippen molar-refractivity contribution in [1.29, 1.82) is 0 Å². The highest BCUT2D eigenvalue weighted by molar-refractivity contribution is 8.15. The molecular formula is C23H30N4O5S. The van der Waals surface area contributed by atoms with Crippen molar-refractivity contribution in [3.8, 4) is 11.6 Å². The van der Waals surface area contributed by atoms with Gasteiger partial charge in [0.1, 0.15) is 16.4 Å². The van der Waals surface area contributed by atoms with Crippen molar-refractivity contribution in [2.75, 3.05) is 12.9 Å². The molecule has 1 aliphatic rings. The van der Waals surface area contributed by atoms with Crippen LogP contribution >= 0.6 is 11.8 Å². The number of methoxy groups -OCH3 is 1. The van der Waals surface area contributed by atoms with Gasteiger partial charge < -0.3 is 14.7 Å². The molecule has 2 atom stereocenters. The van der Waals surface area contributed by atoms with E-state index in [0.29, 0.717) is 11.4 Å². The summed E-state index contributed by atoms with van der Waals surface area (Å²) in [4.78, 5) is 44.7. The molecule has 0 saturated carbocycles. The molecule has 3 rings (SSSR count). The Morgan fingerprint density at radius 1 is 1.12 bits per heavy atom. The minimum Gasteiger partial charge on any atom is -0.497 e. The molecule has 178 valence electrons. The van der Waals surface area contributed by atoms with Gasteiger partial charge >= 0.3 is 5.69 Å². The lowest BCUT2D eigenvalue weighted by Crippen LogP contribution is -2.48. The number of amides is 1. The number of carbonyl (C=O) groups is 1. The van der Waals surface area contributed by atoms with Crippen LogP contribution in [0, 0.1) is 0 Å². The van der Waals surface area contributed by atoms with Crippen LogP contribution in [0.1, 0.15) is 38.7 Å². The van der Waals surface area contributed by atoms with E-state index in [4.69, 9.17) is 4.74 Å². The molecule has 0 aliphatic carbocycles. The molecule has 1 aromatic heterocycles. The summed E-state index contributed by atoms with van der Waals surface area (Å²) in [5.74, 6) is 0.153. The highest BCUT2D eigenvalue weighted by Gasteiger charge is 2.30. The van der Waals surface area contributed by atoms with Gasteiger partial charge in [-0.05, 0) is 57.4 Å². The summed E-state index contributed by atoms with van der Waals surface area (Å²) in [5.41, 5.74) is -0.932. The monoisotopic (exact) mass is 474 g/mol. The zero-order valence-corrected chi connectivity index (χ0v) is 20.4. The number of likely N-dealkylation sites (tertiary alicyclic amines) is 1. The van der Waals surface area contributed by atoms with E-state index < -0.39 is 17.1 Å². The normalized spacial score (nSPS) is 18.9. The Balaban J connectivity index is 2.02. The quantitative estimate of drug-likeness (QED) is 0.527. The third kappa shape index (κ3) is 5.16. The van der Waals surface area contributed by atoms with Crippen LogP contribution in [-0.2, 0) is 18.9 Å². The van der Waals surface area contributed by atoms with Crippen molar-refractivity contribution in [3.05, 3.63) is 50.7 Å². The zero-order valence-electron chi connectivity index (χ0n) is 19.6. The number of piperidine rings is 1. The van der Waals surface area contributed by atoms with Crippen molar-refractivity contribution in [3.63, 3.8) is 0 Å². The van der Waals surface area contributed by atoms with Crippen molar-refractivity contribution in [2.24, 2.45) is 19.1 Å². The molecule has 0 bridgehead atoms. The Kier molecular flexibility index (Phi) is 7.68. The Morgan fingerprint density at radius 3 is 2.30 bits per heavy atom. The van der Waals surface area contributed by atoms with Gasteiger partial charge in [0.05, 0.1) is 18.6 Å². The van der Waals surface area contributed by atoms with Crippen LogP contribution in [0.5, 0.6) is 11.6 Å². The van der Waals surface area contributed by atoms with Crippen molar-refractivity contribution < 1.29 is 14.6 Å². The Bertz CT molecular complexity index is 1160. The maximum atomic E-state index is 13.1. The van der Waals surface area contributed by atoms with Gasteiger partial charge in [-0.25, -0.2) is 9.79 Å². The predicted molar refractivity (Wildman–Crippen MR) is 130 cm³/mol. The summed E-state index contributed by atoms with van der Waals surface area (Å²) in [6.45, 7) is 4.08. The number of ether oxygens (including phenoxy) is 1. The summed E-state index contributed by atoms with van der Waals surface area (Å²) < 4.78 is 7.07. The largest absolute Gasteiger partial charge is 0.497 e. The molecule has 33 heavy (non-hydrogen) atoms. The SMILES string of the molecule is COc1ccc(N=C(SCC(=O)N2[C@H](C)CCC[C@@H]2C)c2c(O)n(C)c(=O)n(C)c2=O)cc1. The summed E-state index contributed by atoms with van der Waals surface area (Å²) in [5, 5.41) is 10.8. The number of thioether (sulfide) groups is 1. The van der Waals surface area contributed by atoms with E-state index in [1.54, 1.807) is 31.4 Å². The van der Waals surface area contributed by atoms with E-state index in [-0.39, 0.29) is 34.4 Å². The molecule has 0 unspecified atom stereocenters. The van der Waals surface area contributed by atoms with Gasteiger partial charge in [0.25, 0.3) is 5.56 Å². The third-order valence-electron chi connectivity index (χ3n) is 5.96. The second-order valence-electron chi connectivity index (χ2n) is 8.24. The first-order valence-electron chi connectivity index (χ1n) is 10.8. The molecule has 1 aromatic carbocycles. The first-order valence-corrected chi connectivity index (χ1v) is 11.8.